The number of aryl methyl sites for hydroxylation is 1. The highest BCUT2D eigenvalue weighted by Gasteiger charge is 2.29. The highest BCUT2D eigenvalue weighted by atomic mass is 16.6. The predicted molar refractivity (Wildman–Crippen MR) is 89.1 cm³/mol. The quantitative estimate of drug-likeness (QED) is 0.829. The van der Waals surface area contributed by atoms with Crippen LogP contribution in [0.25, 0.3) is 0 Å². The summed E-state index contributed by atoms with van der Waals surface area (Å²) in [6.45, 7) is 3.46. The standard InChI is InChI=1S/C18H21N3O4/c1-11-9-14-15(24-8-7-23-14)10-13(11)18(22)21(2)6-5-16-19-17(25-20-16)12-3-4-12/h9-10,12H,3-8H2,1-2H3. The molecule has 1 fully saturated rings. The number of nitrogens with zero attached hydrogens (tertiary/aromatic N) is 3. The van der Waals surface area contributed by atoms with Crippen molar-refractivity contribution in [3.8, 4) is 11.5 Å². The van der Waals surface area contributed by atoms with Gasteiger partial charge >= 0.3 is 0 Å². The van der Waals surface area contributed by atoms with E-state index in [2.05, 4.69) is 10.1 Å². The number of amides is 1. The van der Waals surface area contributed by atoms with Crippen molar-refractivity contribution in [1.82, 2.24) is 15.0 Å². The minimum atomic E-state index is -0.0552. The van der Waals surface area contributed by atoms with Crippen LogP contribution >= 0.6 is 0 Å². The molecule has 25 heavy (non-hydrogen) atoms. The molecule has 1 aliphatic carbocycles. The second kappa shape index (κ2) is 6.38. The Kier molecular flexibility index (Phi) is 4.07. The van der Waals surface area contributed by atoms with Crippen molar-refractivity contribution in [2.75, 3.05) is 26.8 Å². The van der Waals surface area contributed by atoms with Gasteiger partial charge in [0, 0.05) is 31.5 Å². The molecule has 0 saturated heterocycles. The maximum atomic E-state index is 12.8. The largest absolute Gasteiger partial charge is 0.486 e. The zero-order valence-corrected chi connectivity index (χ0v) is 14.4. The molecule has 1 amide bonds. The Morgan fingerprint density at radius 2 is 1.96 bits per heavy atom. The second-order valence-corrected chi connectivity index (χ2v) is 6.61. The van der Waals surface area contributed by atoms with Crippen LogP contribution in [-0.4, -0.2) is 47.8 Å². The first-order valence-electron chi connectivity index (χ1n) is 8.60. The van der Waals surface area contributed by atoms with Crippen LogP contribution < -0.4 is 9.47 Å². The SMILES string of the molecule is Cc1cc2c(cc1C(=O)N(C)CCc1noc(C3CC3)n1)OCCO2. The van der Waals surface area contributed by atoms with Crippen LogP contribution in [0.5, 0.6) is 11.5 Å². The van der Waals surface area contributed by atoms with E-state index in [4.69, 9.17) is 14.0 Å². The van der Waals surface area contributed by atoms with Crippen molar-refractivity contribution in [2.45, 2.75) is 32.1 Å². The van der Waals surface area contributed by atoms with Gasteiger partial charge in [0.1, 0.15) is 13.2 Å². The normalized spacial score (nSPS) is 15.9. The van der Waals surface area contributed by atoms with E-state index in [1.807, 2.05) is 13.0 Å². The molecule has 1 aromatic carbocycles. The molecule has 2 aromatic rings. The van der Waals surface area contributed by atoms with Crippen LogP contribution in [0.3, 0.4) is 0 Å². The Bertz CT molecular complexity index is 798. The number of likely N-dealkylation sites (N-methyl/N-ethyl adjacent to an activating group) is 1. The zero-order valence-electron chi connectivity index (χ0n) is 14.4. The van der Waals surface area contributed by atoms with Crippen molar-refractivity contribution in [1.29, 1.82) is 0 Å². The molecule has 132 valence electrons. The lowest BCUT2D eigenvalue weighted by Gasteiger charge is -2.22. The number of hydrogen-bond acceptors (Lipinski definition) is 6. The van der Waals surface area contributed by atoms with Gasteiger partial charge in [0.2, 0.25) is 5.89 Å². The van der Waals surface area contributed by atoms with Crippen molar-refractivity contribution < 1.29 is 18.8 Å². The van der Waals surface area contributed by atoms with Gasteiger partial charge < -0.3 is 18.9 Å². The first kappa shape index (κ1) is 15.9. The van der Waals surface area contributed by atoms with Crippen LogP contribution in [0, 0.1) is 6.92 Å². The topological polar surface area (TPSA) is 77.7 Å². The Labute approximate surface area is 145 Å². The van der Waals surface area contributed by atoms with Gasteiger partial charge in [0.25, 0.3) is 5.91 Å². The molecule has 0 unspecified atom stereocenters. The molecule has 1 aromatic heterocycles. The fourth-order valence-electron chi connectivity index (χ4n) is 2.86. The first-order chi connectivity index (χ1) is 12.1. The maximum absolute atomic E-state index is 12.8. The number of carbonyl (C=O) groups is 1. The molecule has 0 spiro atoms. The minimum Gasteiger partial charge on any atom is -0.486 e. The summed E-state index contributed by atoms with van der Waals surface area (Å²) in [5.41, 5.74) is 1.50. The van der Waals surface area contributed by atoms with Crippen molar-refractivity contribution in [3.63, 3.8) is 0 Å². The summed E-state index contributed by atoms with van der Waals surface area (Å²) in [7, 11) is 1.78. The molecule has 0 N–H and O–H groups in total. The Morgan fingerprint density at radius 3 is 2.68 bits per heavy atom. The van der Waals surface area contributed by atoms with E-state index >= 15 is 0 Å². The monoisotopic (exact) mass is 343 g/mol. The molecule has 0 bridgehead atoms. The number of hydrogen-bond donors (Lipinski definition) is 0. The number of rotatable bonds is 5. The number of carbonyl (C=O) groups excluding carboxylic acids is 1. The Balaban J connectivity index is 1.42. The molecule has 0 radical (unpaired) electrons. The molecule has 0 atom stereocenters. The second-order valence-electron chi connectivity index (χ2n) is 6.61. The highest BCUT2D eigenvalue weighted by molar-refractivity contribution is 5.96. The van der Waals surface area contributed by atoms with Crippen LogP contribution in [0.2, 0.25) is 0 Å². The molecular formula is C18H21N3O4. The summed E-state index contributed by atoms with van der Waals surface area (Å²) >= 11 is 0. The van der Waals surface area contributed by atoms with Crippen molar-refractivity contribution in [2.24, 2.45) is 0 Å². The Morgan fingerprint density at radius 1 is 1.24 bits per heavy atom. The van der Waals surface area contributed by atoms with Crippen LogP contribution in [0.15, 0.2) is 16.7 Å². The smallest absolute Gasteiger partial charge is 0.254 e. The molecule has 7 heteroatoms. The van der Waals surface area contributed by atoms with E-state index in [1.54, 1.807) is 18.0 Å². The van der Waals surface area contributed by atoms with E-state index in [0.29, 0.717) is 55.0 Å². The van der Waals surface area contributed by atoms with E-state index in [9.17, 15) is 4.79 Å². The molecule has 2 heterocycles. The molecule has 1 aliphatic heterocycles. The van der Waals surface area contributed by atoms with E-state index in [-0.39, 0.29) is 5.91 Å². The molecule has 2 aliphatic rings. The van der Waals surface area contributed by atoms with Gasteiger partial charge in [-0.25, -0.2) is 0 Å². The molecule has 4 rings (SSSR count). The lowest BCUT2D eigenvalue weighted by atomic mass is 10.1. The third kappa shape index (κ3) is 3.31. The fraction of sp³-hybridized carbons (Fsp3) is 0.500. The van der Waals surface area contributed by atoms with Gasteiger partial charge in [0.05, 0.1) is 0 Å². The summed E-state index contributed by atoms with van der Waals surface area (Å²) in [5, 5.41) is 4.00. The minimum absolute atomic E-state index is 0.0552. The average Bonchev–Trinajstić information content (AvgIpc) is 3.37. The van der Waals surface area contributed by atoms with Crippen LogP contribution in [0.4, 0.5) is 0 Å². The number of benzene rings is 1. The van der Waals surface area contributed by atoms with Gasteiger partial charge in [0.15, 0.2) is 17.3 Å². The van der Waals surface area contributed by atoms with Gasteiger partial charge in [-0.1, -0.05) is 5.16 Å². The number of fused-ring (bicyclic) bond motifs is 1. The summed E-state index contributed by atoms with van der Waals surface area (Å²) in [6.07, 6.45) is 2.83. The fourth-order valence-corrected chi connectivity index (χ4v) is 2.86. The predicted octanol–water partition coefficient (Wildman–Crippen LogP) is 2.34. The van der Waals surface area contributed by atoms with E-state index in [0.717, 1.165) is 24.3 Å². The summed E-state index contributed by atoms with van der Waals surface area (Å²) in [6, 6.07) is 3.62. The van der Waals surface area contributed by atoms with Crippen LogP contribution in [-0.2, 0) is 6.42 Å². The van der Waals surface area contributed by atoms with Gasteiger partial charge in [-0.05, 0) is 37.5 Å². The van der Waals surface area contributed by atoms with E-state index < -0.39 is 0 Å². The third-order valence-corrected chi connectivity index (χ3v) is 4.55. The van der Waals surface area contributed by atoms with Gasteiger partial charge in [-0.15, -0.1) is 0 Å². The molecule has 1 saturated carbocycles. The highest BCUT2D eigenvalue weighted by Crippen LogP contribution is 2.38. The Hall–Kier alpha value is -2.57. The van der Waals surface area contributed by atoms with Crippen LogP contribution in [0.1, 0.15) is 46.4 Å². The molecular weight excluding hydrogens is 322 g/mol. The molecule has 7 nitrogen and oxygen atoms in total. The summed E-state index contributed by atoms with van der Waals surface area (Å²) in [4.78, 5) is 18.8. The summed E-state index contributed by atoms with van der Waals surface area (Å²) < 4.78 is 16.4. The van der Waals surface area contributed by atoms with Gasteiger partial charge in [-0.2, -0.15) is 4.98 Å². The van der Waals surface area contributed by atoms with Crippen molar-refractivity contribution >= 4 is 5.91 Å². The number of aromatic nitrogens is 2. The lowest BCUT2D eigenvalue weighted by Crippen LogP contribution is -2.30. The van der Waals surface area contributed by atoms with Gasteiger partial charge in [-0.3, -0.25) is 4.79 Å². The summed E-state index contributed by atoms with van der Waals surface area (Å²) in [5.74, 6) is 3.09. The third-order valence-electron chi connectivity index (χ3n) is 4.55. The van der Waals surface area contributed by atoms with Crippen molar-refractivity contribution in [3.05, 3.63) is 35.0 Å². The maximum Gasteiger partial charge on any atom is 0.254 e. The average molecular weight is 343 g/mol. The first-order valence-corrected chi connectivity index (χ1v) is 8.60. The lowest BCUT2D eigenvalue weighted by molar-refractivity contribution is 0.0794. The zero-order chi connectivity index (χ0) is 17.4. The number of ether oxygens (including phenoxy) is 2. The van der Waals surface area contributed by atoms with E-state index in [1.165, 1.54) is 0 Å².